The Kier molecular flexibility index (Phi) is 6.29. The van der Waals surface area contributed by atoms with E-state index in [1.54, 1.807) is 7.11 Å². The summed E-state index contributed by atoms with van der Waals surface area (Å²) >= 11 is 0. The number of rotatable bonds is 7. The normalized spacial score (nSPS) is 11.4. The minimum absolute atomic E-state index is 0.707. The highest BCUT2D eigenvalue weighted by atomic mass is 16.5. The van der Waals surface area contributed by atoms with Crippen molar-refractivity contribution in [3.63, 3.8) is 0 Å². The van der Waals surface area contributed by atoms with Gasteiger partial charge in [-0.1, -0.05) is 24.6 Å². The van der Waals surface area contributed by atoms with Crippen molar-refractivity contribution in [2.45, 2.75) is 20.3 Å². The maximum absolute atomic E-state index is 5.69. The molecule has 0 aliphatic rings. The minimum atomic E-state index is 0.707. The van der Waals surface area contributed by atoms with Crippen LogP contribution in [-0.4, -0.2) is 27.3 Å². The fourth-order valence-electron chi connectivity index (χ4n) is 1.72. The van der Waals surface area contributed by atoms with E-state index in [4.69, 9.17) is 9.47 Å². The summed E-state index contributed by atoms with van der Waals surface area (Å²) in [5.74, 6) is 1.59. The van der Waals surface area contributed by atoms with Crippen LogP contribution in [-0.2, 0) is 0 Å². The van der Waals surface area contributed by atoms with E-state index in [1.807, 2.05) is 25.2 Å². The predicted octanol–water partition coefficient (Wildman–Crippen LogP) is 3.11. The number of hydrogen-bond acceptors (Lipinski definition) is 3. The number of benzene rings is 1. The van der Waals surface area contributed by atoms with Gasteiger partial charge in [0, 0.05) is 6.54 Å². The van der Waals surface area contributed by atoms with Gasteiger partial charge in [0.05, 0.1) is 13.7 Å². The van der Waals surface area contributed by atoms with Crippen LogP contribution < -0.4 is 14.8 Å². The van der Waals surface area contributed by atoms with Gasteiger partial charge < -0.3 is 14.8 Å². The minimum Gasteiger partial charge on any atom is -0.493 e. The SMILES string of the molecule is CCCOc1cc(C=C(C)CNC)ccc1OC. The molecule has 18 heavy (non-hydrogen) atoms. The lowest BCUT2D eigenvalue weighted by atomic mass is 10.1. The molecule has 0 amide bonds. The molecule has 0 saturated heterocycles. The van der Waals surface area contributed by atoms with Gasteiger partial charge in [-0.2, -0.15) is 0 Å². The van der Waals surface area contributed by atoms with Gasteiger partial charge in [-0.3, -0.25) is 0 Å². The Morgan fingerprint density at radius 2 is 2.11 bits per heavy atom. The lowest BCUT2D eigenvalue weighted by Crippen LogP contribution is -2.08. The third-order valence-corrected chi connectivity index (χ3v) is 2.52. The van der Waals surface area contributed by atoms with E-state index in [9.17, 15) is 0 Å². The largest absolute Gasteiger partial charge is 0.493 e. The summed E-state index contributed by atoms with van der Waals surface area (Å²) in [4.78, 5) is 0. The van der Waals surface area contributed by atoms with Gasteiger partial charge in [-0.05, 0) is 38.1 Å². The molecule has 0 radical (unpaired) electrons. The van der Waals surface area contributed by atoms with Crippen LogP contribution in [0.25, 0.3) is 6.08 Å². The molecule has 0 unspecified atom stereocenters. The molecule has 0 bridgehead atoms. The second kappa shape index (κ2) is 7.77. The zero-order chi connectivity index (χ0) is 13.4. The molecular formula is C15H23NO2. The van der Waals surface area contributed by atoms with E-state index in [0.29, 0.717) is 6.61 Å². The van der Waals surface area contributed by atoms with Crippen molar-refractivity contribution in [2.75, 3.05) is 27.3 Å². The number of ether oxygens (including phenoxy) is 2. The molecule has 0 fully saturated rings. The van der Waals surface area contributed by atoms with Crippen LogP contribution in [0.2, 0.25) is 0 Å². The van der Waals surface area contributed by atoms with Crippen molar-refractivity contribution >= 4 is 6.08 Å². The van der Waals surface area contributed by atoms with Gasteiger partial charge in [0.2, 0.25) is 0 Å². The Morgan fingerprint density at radius 1 is 1.33 bits per heavy atom. The van der Waals surface area contributed by atoms with Gasteiger partial charge in [-0.15, -0.1) is 0 Å². The van der Waals surface area contributed by atoms with Crippen LogP contribution in [0.15, 0.2) is 23.8 Å². The molecule has 0 saturated carbocycles. The first-order valence-electron chi connectivity index (χ1n) is 6.33. The third-order valence-electron chi connectivity index (χ3n) is 2.52. The molecule has 1 N–H and O–H groups in total. The average molecular weight is 249 g/mol. The van der Waals surface area contributed by atoms with Crippen LogP contribution in [0.5, 0.6) is 11.5 Å². The highest BCUT2D eigenvalue weighted by Gasteiger charge is 2.04. The molecule has 0 aromatic heterocycles. The van der Waals surface area contributed by atoms with Crippen molar-refractivity contribution in [2.24, 2.45) is 0 Å². The summed E-state index contributed by atoms with van der Waals surface area (Å²) in [6, 6.07) is 6.01. The van der Waals surface area contributed by atoms with Crippen LogP contribution in [0.3, 0.4) is 0 Å². The Balaban J connectivity index is 2.91. The molecular weight excluding hydrogens is 226 g/mol. The molecule has 3 heteroatoms. The lowest BCUT2D eigenvalue weighted by molar-refractivity contribution is 0.294. The van der Waals surface area contributed by atoms with Crippen molar-refractivity contribution in [1.82, 2.24) is 5.32 Å². The summed E-state index contributed by atoms with van der Waals surface area (Å²) in [6.45, 7) is 5.79. The molecule has 1 aromatic carbocycles. The highest BCUT2D eigenvalue weighted by molar-refractivity contribution is 5.58. The smallest absolute Gasteiger partial charge is 0.161 e. The Morgan fingerprint density at radius 3 is 2.72 bits per heavy atom. The maximum atomic E-state index is 5.69. The number of methoxy groups -OCH3 is 1. The first-order chi connectivity index (χ1) is 8.71. The molecule has 1 aromatic rings. The standard InChI is InChI=1S/C15H23NO2/c1-5-8-18-15-10-13(6-7-14(15)17-4)9-12(2)11-16-3/h6-7,9-10,16H,5,8,11H2,1-4H3. The summed E-state index contributed by atoms with van der Waals surface area (Å²) in [5, 5.41) is 3.13. The van der Waals surface area contributed by atoms with E-state index in [1.165, 1.54) is 5.57 Å². The van der Waals surface area contributed by atoms with Crippen LogP contribution in [0, 0.1) is 0 Å². The fraction of sp³-hybridized carbons (Fsp3) is 0.467. The van der Waals surface area contributed by atoms with Gasteiger partial charge in [0.15, 0.2) is 11.5 Å². The van der Waals surface area contributed by atoms with E-state index < -0.39 is 0 Å². The first-order valence-corrected chi connectivity index (χ1v) is 6.33. The Bertz CT molecular complexity index is 399. The molecule has 0 heterocycles. The van der Waals surface area contributed by atoms with E-state index in [2.05, 4.69) is 25.2 Å². The second-order valence-corrected chi connectivity index (χ2v) is 4.28. The summed E-state index contributed by atoms with van der Waals surface area (Å²) in [7, 11) is 3.61. The van der Waals surface area contributed by atoms with Crippen LogP contribution in [0.4, 0.5) is 0 Å². The molecule has 3 nitrogen and oxygen atoms in total. The highest BCUT2D eigenvalue weighted by Crippen LogP contribution is 2.29. The van der Waals surface area contributed by atoms with Gasteiger partial charge in [0.1, 0.15) is 0 Å². The average Bonchev–Trinajstić information content (AvgIpc) is 2.36. The lowest BCUT2D eigenvalue weighted by Gasteiger charge is -2.11. The molecule has 1 rings (SSSR count). The Labute approximate surface area is 110 Å². The molecule has 100 valence electrons. The maximum Gasteiger partial charge on any atom is 0.161 e. The number of likely N-dealkylation sites (N-methyl/N-ethyl adjacent to an activating group) is 1. The van der Waals surface area contributed by atoms with Crippen molar-refractivity contribution in [1.29, 1.82) is 0 Å². The van der Waals surface area contributed by atoms with Gasteiger partial charge in [-0.25, -0.2) is 0 Å². The zero-order valence-corrected chi connectivity index (χ0v) is 11.7. The summed E-state index contributed by atoms with van der Waals surface area (Å²) < 4.78 is 11.0. The first kappa shape index (κ1) is 14.6. The van der Waals surface area contributed by atoms with Crippen molar-refractivity contribution in [3.05, 3.63) is 29.3 Å². The van der Waals surface area contributed by atoms with Gasteiger partial charge in [0.25, 0.3) is 0 Å². The molecule has 0 atom stereocenters. The van der Waals surface area contributed by atoms with Crippen molar-refractivity contribution in [3.8, 4) is 11.5 Å². The zero-order valence-electron chi connectivity index (χ0n) is 11.7. The van der Waals surface area contributed by atoms with Crippen LogP contribution >= 0.6 is 0 Å². The summed E-state index contributed by atoms with van der Waals surface area (Å²) in [6.07, 6.45) is 3.14. The second-order valence-electron chi connectivity index (χ2n) is 4.28. The van der Waals surface area contributed by atoms with E-state index >= 15 is 0 Å². The molecule has 0 spiro atoms. The van der Waals surface area contributed by atoms with E-state index in [-0.39, 0.29) is 0 Å². The quantitative estimate of drug-likeness (QED) is 0.805. The predicted molar refractivity (Wildman–Crippen MR) is 76.4 cm³/mol. The number of nitrogens with one attached hydrogen (secondary N) is 1. The molecule has 0 aliphatic heterocycles. The Hall–Kier alpha value is -1.48. The number of hydrogen-bond donors (Lipinski definition) is 1. The third kappa shape index (κ3) is 4.41. The topological polar surface area (TPSA) is 30.5 Å². The van der Waals surface area contributed by atoms with Crippen molar-refractivity contribution < 1.29 is 9.47 Å². The van der Waals surface area contributed by atoms with Crippen LogP contribution in [0.1, 0.15) is 25.8 Å². The fourth-order valence-corrected chi connectivity index (χ4v) is 1.72. The summed E-state index contributed by atoms with van der Waals surface area (Å²) in [5.41, 5.74) is 2.42. The van der Waals surface area contributed by atoms with Gasteiger partial charge >= 0.3 is 0 Å². The van der Waals surface area contributed by atoms with E-state index in [0.717, 1.165) is 30.0 Å². The monoisotopic (exact) mass is 249 g/mol. The molecule has 0 aliphatic carbocycles.